The Hall–Kier alpha value is -0.490. The zero-order chi connectivity index (χ0) is 11.8. The molecule has 0 aromatic carbocycles. The molecule has 2 unspecified atom stereocenters. The molecule has 0 aromatic rings. The van der Waals surface area contributed by atoms with Crippen LogP contribution in [0.4, 0.5) is 0 Å². The van der Waals surface area contributed by atoms with Crippen molar-refractivity contribution in [1.29, 1.82) is 0 Å². The van der Waals surface area contributed by atoms with Gasteiger partial charge in [-0.1, -0.05) is 0 Å². The maximum Gasteiger partial charge on any atom is 0.166 e. The number of rotatable bonds is 9. The number of ether oxygens (including phenoxy) is 4. The Kier molecular flexibility index (Phi) is 6.56. The van der Waals surface area contributed by atoms with Gasteiger partial charge >= 0.3 is 0 Å². The van der Waals surface area contributed by atoms with Crippen molar-refractivity contribution >= 4 is 5.78 Å². The van der Waals surface area contributed by atoms with Crippen molar-refractivity contribution in [2.45, 2.75) is 25.0 Å². The Morgan fingerprint density at radius 2 is 1.81 bits per heavy atom. The number of carbonyl (C=O) groups is 1. The third-order valence-electron chi connectivity index (χ3n) is 2.47. The molecule has 5 nitrogen and oxygen atoms in total. The summed E-state index contributed by atoms with van der Waals surface area (Å²) in [7, 11) is 3.26. The predicted octanol–water partition coefficient (Wildman–Crippen LogP) is 0.413. The molecule has 0 aliphatic heterocycles. The van der Waals surface area contributed by atoms with Crippen LogP contribution in [0.5, 0.6) is 0 Å². The van der Waals surface area contributed by atoms with Crippen molar-refractivity contribution < 1.29 is 23.7 Å². The van der Waals surface area contributed by atoms with Crippen molar-refractivity contribution in [3.8, 4) is 0 Å². The van der Waals surface area contributed by atoms with Crippen molar-refractivity contribution in [3.63, 3.8) is 0 Å². The molecule has 1 saturated carbocycles. The monoisotopic (exact) mass is 232 g/mol. The summed E-state index contributed by atoms with van der Waals surface area (Å²) in [5.74, 6) is 0.118. The fraction of sp³-hybridized carbons (Fsp3) is 0.909. The molecule has 1 rings (SSSR count). The van der Waals surface area contributed by atoms with E-state index in [1.807, 2.05) is 0 Å². The van der Waals surface area contributed by atoms with Gasteiger partial charge in [0.1, 0.15) is 6.10 Å². The van der Waals surface area contributed by atoms with E-state index in [0.717, 1.165) is 6.42 Å². The average Bonchev–Trinajstić information content (AvgIpc) is 2.28. The third kappa shape index (κ3) is 4.17. The Labute approximate surface area is 96.0 Å². The summed E-state index contributed by atoms with van der Waals surface area (Å²) in [5.41, 5.74) is 0. The van der Waals surface area contributed by atoms with E-state index < -0.39 is 6.10 Å². The first-order valence-electron chi connectivity index (χ1n) is 5.53. The molecule has 0 heterocycles. The molecule has 0 saturated heterocycles. The maximum absolute atomic E-state index is 11.3. The second-order valence-electron chi connectivity index (χ2n) is 3.71. The van der Waals surface area contributed by atoms with Crippen LogP contribution < -0.4 is 0 Å². The van der Waals surface area contributed by atoms with Gasteiger partial charge in [-0.3, -0.25) is 4.79 Å². The van der Waals surface area contributed by atoms with E-state index in [-0.39, 0.29) is 11.9 Å². The first-order chi connectivity index (χ1) is 7.79. The van der Waals surface area contributed by atoms with Crippen LogP contribution >= 0.6 is 0 Å². The quantitative estimate of drug-likeness (QED) is 0.539. The minimum atomic E-state index is -0.391. The standard InChI is InChI=1S/C11H20O5/c1-13-4-3-5-15-10-8-9(12)11(10)16-7-6-14-2/h10-11H,3-8H2,1-2H3. The minimum absolute atomic E-state index is 0.0822. The van der Waals surface area contributed by atoms with Crippen LogP contribution in [0.1, 0.15) is 12.8 Å². The topological polar surface area (TPSA) is 54.0 Å². The Morgan fingerprint density at radius 3 is 2.44 bits per heavy atom. The fourth-order valence-electron chi connectivity index (χ4n) is 1.51. The molecule has 5 heteroatoms. The van der Waals surface area contributed by atoms with E-state index in [2.05, 4.69) is 0 Å². The number of carbonyl (C=O) groups excluding carboxylic acids is 1. The predicted molar refractivity (Wildman–Crippen MR) is 57.5 cm³/mol. The molecule has 0 spiro atoms. The van der Waals surface area contributed by atoms with Crippen molar-refractivity contribution in [2.75, 3.05) is 40.6 Å². The second kappa shape index (κ2) is 7.73. The molecule has 0 bridgehead atoms. The lowest BCUT2D eigenvalue weighted by atomic mass is 9.90. The summed E-state index contributed by atoms with van der Waals surface area (Å²) in [6.45, 7) is 2.22. The van der Waals surface area contributed by atoms with Gasteiger partial charge in [0.15, 0.2) is 5.78 Å². The normalized spacial score (nSPS) is 24.5. The van der Waals surface area contributed by atoms with Gasteiger partial charge < -0.3 is 18.9 Å². The Morgan fingerprint density at radius 1 is 1.06 bits per heavy atom. The highest BCUT2D eigenvalue weighted by molar-refractivity contribution is 5.90. The van der Waals surface area contributed by atoms with E-state index in [1.165, 1.54) is 0 Å². The van der Waals surface area contributed by atoms with Crippen molar-refractivity contribution in [1.82, 2.24) is 0 Å². The number of methoxy groups -OCH3 is 2. The molecule has 16 heavy (non-hydrogen) atoms. The molecule has 0 amide bonds. The van der Waals surface area contributed by atoms with Gasteiger partial charge in [-0.05, 0) is 6.42 Å². The van der Waals surface area contributed by atoms with E-state index >= 15 is 0 Å². The molecule has 0 aromatic heterocycles. The Balaban J connectivity index is 2.09. The van der Waals surface area contributed by atoms with Gasteiger partial charge in [-0.25, -0.2) is 0 Å². The number of hydrogen-bond donors (Lipinski definition) is 0. The highest BCUT2D eigenvalue weighted by Crippen LogP contribution is 2.22. The minimum Gasteiger partial charge on any atom is -0.385 e. The average molecular weight is 232 g/mol. The molecule has 0 N–H and O–H groups in total. The highest BCUT2D eigenvalue weighted by Gasteiger charge is 2.41. The summed E-state index contributed by atoms with van der Waals surface area (Å²) in [4.78, 5) is 11.3. The fourth-order valence-corrected chi connectivity index (χ4v) is 1.51. The molecule has 2 atom stereocenters. The van der Waals surface area contributed by atoms with Crippen molar-refractivity contribution in [3.05, 3.63) is 0 Å². The van der Waals surface area contributed by atoms with Gasteiger partial charge in [0.25, 0.3) is 0 Å². The van der Waals surface area contributed by atoms with E-state index in [0.29, 0.717) is 32.8 Å². The zero-order valence-electron chi connectivity index (χ0n) is 9.94. The molecule has 1 fully saturated rings. The van der Waals surface area contributed by atoms with Crippen LogP contribution in [-0.4, -0.2) is 58.6 Å². The van der Waals surface area contributed by atoms with E-state index in [4.69, 9.17) is 18.9 Å². The van der Waals surface area contributed by atoms with E-state index in [9.17, 15) is 4.79 Å². The highest BCUT2D eigenvalue weighted by atomic mass is 16.6. The summed E-state index contributed by atoms with van der Waals surface area (Å²) >= 11 is 0. The second-order valence-corrected chi connectivity index (χ2v) is 3.71. The van der Waals surface area contributed by atoms with Crippen molar-refractivity contribution in [2.24, 2.45) is 0 Å². The van der Waals surface area contributed by atoms with Crippen LogP contribution in [0, 0.1) is 0 Å². The molecule has 1 aliphatic carbocycles. The lowest BCUT2D eigenvalue weighted by Gasteiger charge is -2.34. The van der Waals surface area contributed by atoms with Crippen LogP contribution in [0.15, 0.2) is 0 Å². The number of Topliss-reactive ketones (excluding diaryl/α,β-unsaturated/α-hetero) is 1. The number of ketones is 1. The molecule has 0 radical (unpaired) electrons. The van der Waals surface area contributed by atoms with Crippen LogP contribution in [-0.2, 0) is 23.7 Å². The molecule has 94 valence electrons. The largest absolute Gasteiger partial charge is 0.385 e. The number of hydrogen-bond acceptors (Lipinski definition) is 5. The molecular weight excluding hydrogens is 212 g/mol. The lowest BCUT2D eigenvalue weighted by molar-refractivity contribution is -0.167. The van der Waals surface area contributed by atoms with Crippen LogP contribution in [0.25, 0.3) is 0 Å². The van der Waals surface area contributed by atoms with Crippen LogP contribution in [0.2, 0.25) is 0 Å². The summed E-state index contributed by atoms with van der Waals surface area (Å²) in [5, 5.41) is 0. The van der Waals surface area contributed by atoms with Gasteiger partial charge in [0.05, 0.1) is 19.3 Å². The first-order valence-corrected chi connectivity index (χ1v) is 5.53. The van der Waals surface area contributed by atoms with Gasteiger partial charge in [0, 0.05) is 33.9 Å². The lowest BCUT2D eigenvalue weighted by Crippen LogP contribution is -2.51. The molecule has 1 aliphatic rings. The SMILES string of the molecule is COCCCOC1CC(=O)C1OCCOC. The van der Waals surface area contributed by atoms with Gasteiger partial charge in [-0.2, -0.15) is 0 Å². The van der Waals surface area contributed by atoms with Crippen LogP contribution in [0.3, 0.4) is 0 Å². The summed E-state index contributed by atoms with van der Waals surface area (Å²) in [6.07, 6.45) is 0.829. The third-order valence-corrected chi connectivity index (χ3v) is 2.47. The van der Waals surface area contributed by atoms with E-state index in [1.54, 1.807) is 14.2 Å². The summed E-state index contributed by atoms with van der Waals surface area (Å²) < 4.78 is 20.7. The zero-order valence-corrected chi connectivity index (χ0v) is 9.94. The Bertz CT molecular complexity index is 207. The van der Waals surface area contributed by atoms with Gasteiger partial charge in [-0.15, -0.1) is 0 Å². The maximum atomic E-state index is 11.3. The first kappa shape index (κ1) is 13.6. The smallest absolute Gasteiger partial charge is 0.166 e. The summed E-state index contributed by atoms with van der Waals surface area (Å²) in [6, 6.07) is 0. The van der Waals surface area contributed by atoms with Gasteiger partial charge in [0.2, 0.25) is 0 Å². The molecular formula is C11H20O5.